The van der Waals surface area contributed by atoms with Crippen LogP contribution in [0.25, 0.3) is 21.5 Å². The second kappa shape index (κ2) is 11.2. The Morgan fingerprint density at radius 1 is 0.321 bits per heavy atom. The van der Waals surface area contributed by atoms with E-state index < -0.39 is 59.3 Å². The molecule has 264 valence electrons. The maximum absolute atomic E-state index is 14.5. The number of amides is 8. The van der Waals surface area contributed by atoms with E-state index in [2.05, 4.69) is 0 Å². The molecule has 8 amide bonds. The highest BCUT2D eigenvalue weighted by Gasteiger charge is 2.49. The second-order valence-corrected chi connectivity index (χ2v) is 14.8. The molecule has 2 atom stereocenters. The van der Waals surface area contributed by atoms with Crippen LogP contribution in [0.15, 0.2) is 48.5 Å². The second-order valence-electron chi connectivity index (χ2n) is 14.8. The average molecular weight is 709 g/mol. The van der Waals surface area contributed by atoms with Crippen LogP contribution in [0.3, 0.4) is 0 Å². The molecule has 15 aliphatic rings. The number of benzene rings is 4. The molecule has 4 aromatic rings. The van der Waals surface area contributed by atoms with Gasteiger partial charge in [-0.1, -0.05) is 32.1 Å². The third-order valence-electron chi connectivity index (χ3n) is 12.1. The molecule has 1 fully saturated rings. The van der Waals surface area contributed by atoms with Gasteiger partial charge in [-0.25, -0.2) is 0 Å². The molecule has 53 heavy (non-hydrogen) atoms. The Morgan fingerprint density at radius 3 is 0.849 bits per heavy atom. The normalized spacial score (nSPS) is 22.8. The lowest BCUT2D eigenvalue weighted by molar-refractivity contribution is 0.0241. The molecule has 4 aromatic carbocycles. The number of rotatable bonds is 0. The van der Waals surface area contributed by atoms with Gasteiger partial charge in [-0.3, -0.25) is 58.0 Å². The number of carbonyl (C=O) groups is 8. The van der Waals surface area contributed by atoms with Gasteiger partial charge >= 0.3 is 0 Å². The van der Waals surface area contributed by atoms with E-state index in [1.165, 1.54) is 34.1 Å². The van der Waals surface area contributed by atoms with Crippen molar-refractivity contribution in [3.05, 3.63) is 93.0 Å². The van der Waals surface area contributed by atoms with Crippen molar-refractivity contribution in [1.29, 1.82) is 0 Å². The predicted octanol–water partition coefficient (Wildman–Crippen LogP) is 5.35. The van der Waals surface area contributed by atoms with Crippen molar-refractivity contribution in [2.24, 2.45) is 0 Å². The molecule has 0 saturated heterocycles. The van der Waals surface area contributed by atoms with Crippen LogP contribution in [-0.2, 0) is 0 Å². The van der Waals surface area contributed by atoms with Gasteiger partial charge in [-0.05, 0) is 74.2 Å². The Morgan fingerprint density at radius 2 is 0.566 bits per heavy atom. The molecular weight excluding hydrogens is 676 g/mol. The molecule has 1 aliphatic carbocycles. The Labute approximate surface area is 302 Å². The highest BCUT2D eigenvalue weighted by Crippen LogP contribution is 2.43. The van der Waals surface area contributed by atoms with Gasteiger partial charge in [0.1, 0.15) is 0 Å². The summed E-state index contributed by atoms with van der Waals surface area (Å²) in [5.74, 6) is -4.42. The summed E-state index contributed by atoms with van der Waals surface area (Å²) in [5.41, 5.74) is 1.69. The molecule has 0 aromatic heterocycles. The fourth-order valence-electron chi connectivity index (χ4n) is 9.66. The summed E-state index contributed by atoms with van der Waals surface area (Å²) in [4.78, 5) is 118. The van der Waals surface area contributed by atoms with Crippen molar-refractivity contribution in [3.8, 4) is 0 Å². The zero-order valence-electron chi connectivity index (χ0n) is 28.6. The Balaban J connectivity index is 1.13. The molecule has 12 heteroatoms. The van der Waals surface area contributed by atoms with Crippen molar-refractivity contribution in [2.45, 2.75) is 69.9 Å². The van der Waals surface area contributed by atoms with E-state index in [0.29, 0.717) is 62.1 Å². The van der Waals surface area contributed by atoms with E-state index in [0.717, 1.165) is 16.2 Å². The van der Waals surface area contributed by atoms with Crippen LogP contribution in [0.5, 0.6) is 0 Å². The molecule has 0 N–H and O–H groups in total. The van der Waals surface area contributed by atoms with Crippen LogP contribution in [0.2, 0.25) is 0 Å². The largest absolute Gasteiger partial charge is 0.274 e. The molecule has 19 rings (SSSR count). The molecule has 0 radical (unpaired) electrons. The summed E-state index contributed by atoms with van der Waals surface area (Å²) in [5, 5.41) is 1.13. The lowest BCUT2D eigenvalue weighted by Crippen LogP contribution is -2.61. The Kier molecular flexibility index (Phi) is 6.71. The molecule has 14 aliphatic heterocycles. The lowest BCUT2D eigenvalue weighted by atomic mass is 9.81. The van der Waals surface area contributed by atoms with Gasteiger partial charge in [0, 0.05) is 79.1 Å². The molecule has 0 unspecified atom stereocenters. The van der Waals surface area contributed by atoms with Gasteiger partial charge in [0.25, 0.3) is 47.3 Å². The average Bonchev–Trinajstić information content (AvgIpc) is 3.16. The molecule has 16 bridgehead atoms. The fourth-order valence-corrected chi connectivity index (χ4v) is 9.66. The van der Waals surface area contributed by atoms with Crippen LogP contribution in [-0.4, -0.2) is 92.0 Å². The molecular formula is C41H32N4O8. The Hall–Kier alpha value is -6.04. The van der Waals surface area contributed by atoms with Crippen molar-refractivity contribution >= 4 is 68.8 Å². The summed E-state index contributed by atoms with van der Waals surface area (Å²) in [6.07, 6.45) is 5.23. The zero-order valence-corrected chi connectivity index (χ0v) is 28.6. The van der Waals surface area contributed by atoms with E-state index >= 15 is 0 Å². The minimum Gasteiger partial charge on any atom is -0.274 e. The first kappa shape index (κ1) is 31.7. The lowest BCUT2D eigenvalue weighted by Gasteiger charge is -2.45. The minimum absolute atomic E-state index is 0.174. The maximum atomic E-state index is 14.5. The fraction of sp³-hybridized carbons (Fsp3) is 0.317. The van der Waals surface area contributed by atoms with Crippen molar-refractivity contribution in [3.63, 3.8) is 0 Å². The topological polar surface area (TPSA) is 150 Å². The van der Waals surface area contributed by atoms with Gasteiger partial charge < -0.3 is 0 Å². The number of hydrogen-bond donors (Lipinski definition) is 0. The number of nitrogens with zero attached hydrogens (tertiary/aromatic N) is 4. The monoisotopic (exact) mass is 708 g/mol. The van der Waals surface area contributed by atoms with Crippen LogP contribution in [0, 0.1) is 0 Å². The molecule has 1 saturated carbocycles. The molecule has 12 nitrogen and oxygen atoms in total. The van der Waals surface area contributed by atoms with Gasteiger partial charge in [-0.2, -0.15) is 0 Å². The smallest absolute Gasteiger partial charge is 0.261 e. The maximum Gasteiger partial charge on any atom is 0.261 e. The van der Waals surface area contributed by atoms with E-state index in [4.69, 9.17) is 0 Å². The highest BCUT2D eigenvalue weighted by molar-refractivity contribution is 6.35. The third-order valence-corrected chi connectivity index (χ3v) is 12.1. The SMILES string of the molecule is O=C1c2ccc3c4c5ccc(c24)C(=O)N1CCCCCCCN1C(=O)c2ccc4c6c(ccc(c26)C1=O)C(=O)N(C4=O)[C@@H]1CCCC[C@H]1N(C3=O)C5=O. The van der Waals surface area contributed by atoms with Gasteiger partial charge in [0.2, 0.25) is 0 Å². The summed E-state index contributed by atoms with van der Waals surface area (Å²) in [7, 11) is 0. The van der Waals surface area contributed by atoms with Gasteiger partial charge in [0.05, 0.1) is 12.1 Å². The summed E-state index contributed by atoms with van der Waals surface area (Å²) in [6.45, 7) is 0.386. The number of hydrogen-bond acceptors (Lipinski definition) is 8. The zero-order chi connectivity index (χ0) is 36.4. The van der Waals surface area contributed by atoms with Crippen LogP contribution >= 0.6 is 0 Å². The van der Waals surface area contributed by atoms with Crippen LogP contribution in [0.4, 0.5) is 0 Å². The van der Waals surface area contributed by atoms with E-state index in [1.54, 1.807) is 24.3 Å². The highest BCUT2D eigenvalue weighted by atomic mass is 16.2. The van der Waals surface area contributed by atoms with E-state index in [-0.39, 0.29) is 68.4 Å². The van der Waals surface area contributed by atoms with Crippen LogP contribution < -0.4 is 0 Å². The van der Waals surface area contributed by atoms with Gasteiger partial charge in [0.15, 0.2) is 0 Å². The van der Waals surface area contributed by atoms with Gasteiger partial charge in [-0.15, -0.1) is 0 Å². The standard InChI is InChI=1S/C41H32N4O8/c46-34-20-10-14-24-32-25-15-11-21(30(20)32)35(47)42(34)18-6-2-1-3-7-19-43-36(48)22-12-16-26-33-27(17-13-23(31(22)33)37(43)49)41(53)45(40(26)52)29-9-5-4-8-28(29)44(38(24)50)39(25)51/h10-17,28-29H,1-9,18-19H2/t28-,29-/m1/s1. The molecule has 0 spiro atoms. The first-order valence-electron chi connectivity index (χ1n) is 18.4. The molecule has 14 heterocycles. The third kappa shape index (κ3) is 4.11. The van der Waals surface area contributed by atoms with Crippen molar-refractivity contribution in [1.82, 2.24) is 19.6 Å². The first-order valence-corrected chi connectivity index (χ1v) is 18.4. The van der Waals surface area contributed by atoms with E-state index in [9.17, 15) is 38.4 Å². The number of carbonyl (C=O) groups excluding carboxylic acids is 8. The van der Waals surface area contributed by atoms with Crippen molar-refractivity contribution < 1.29 is 38.4 Å². The number of imide groups is 4. The summed E-state index contributed by atoms with van der Waals surface area (Å²) < 4.78 is 0. The summed E-state index contributed by atoms with van der Waals surface area (Å²) in [6, 6.07) is 10.6. The Bertz CT molecular complexity index is 2190. The summed E-state index contributed by atoms with van der Waals surface area (Å²) >= 11 is 0. The first-order chi connectivity index (χ1) is 25.7. The minimum atomic E-state index is -0.855. The quantitative estimate of drug-likeness (QED) is 0.222. The predicted molar refractivity (Wildman–Crippen MR) is 189 cm³/mol. The van der Waals surface area contributed by atoms with Crippen molar-refractivity contribution in [2.75, 3.05) is 13.1 Å². The van der Waals surface area contributed by atoms with E-state index in [1.807, 2.05) is 0 Å². The van der Waals surface area contributed by atoms with Crippen LogP contribution in [0.1, 0.15) is 141 Å².